The van der Waals surface area contributed by atoms with E-state index in [0.29, 0.717) is 12.0 Å². The molecule has 1 aromatic rings. The van der Waals surface area contributed by atoms with Gasteiger partial charge in [0, 0.05) is 51.2 Å². The minimum absolute atomic E-state index is 0. The number of rotatable bonds is 6. The number of halogens is 1. The van der Waals surface area contributed by atoms with Crippen LogP contribution < -0.4 is 10.6 Å². The topological polar surface area (TPSA) is 78.5 Å². The third kappa shape index (κ3) is 5.63. The number of thioether (sulfide) groups is 1. The van der Waals surface area contributed by atoms with Crippen LogP contribution in [-0.2, 0) is 21.4 Å². The van der Waals surface area contributed by atoms with Gasteiger partial charge < -0.3 is 10.6 Å². The number of carbonyl (C=O) groups excluding carboxylic acids is 1. The highest BCUT2D eigenvalue weighted by atomic mass is 35.5. The predicted octanol–water partition coefficient (Wildman–Crippen LogP) is 1.07. The summed E-state index contributed by atoms with van der Waals surface area (Å²) >= 11 is 1.84. The van der Waals surface area contributed by atoms with Crippen molar-refractivity contribution in [1.29, 1.82) is 0 Å². The molecule has 1 amide bonds. The van der Waals surface area contributed by atoms with E-state index in [1.165, 1.54) is 18.4 Å². The smallest absolute Gasteiger partial charge is 0.242 e. The fraction of sp³-hybridized carbons (Fsp3) is 0.533. The molecular weight excluding hydrogens is 370 g/mol. The molecule has 0 radical (unpaired) electrons. The van der Waals surface area contributed by atoms with Crippen molar-refractivity contribution < 1.29 is 13.2 Å². The average Bonchev–Trinajstić information content (AvgIpc) is 2.54. The van der Waals surface area contributed by atoms with Gasteiger partial charge in [-0.05, 0) is 11.6 Å². The van der Waals surface area contributed by atoms with Crippen molar-refractivity contribution in [1.82, 2.24) is 14.9 Å². The van der Waals surface area contributed by atoms with Crippen LogP contribution in [0.25, 0.3) is 0 Å². The Morgan fingerprint density at radius 3 is 2.71 bits per heavy atom. The summed E-state index contributed by atoms with van der Waals surface area (Å²) in [5, 5.41) is 6.14. The van der Waals surface area contributed by atoms with Gasteiger partial charge in [-0.1, -0.05) is 18.2 Å². The highest BCUT2D eigenvalue weighted by Crippen LogP contribution is 2.18. The zero-order valence-corrected chi connectivity index (χ0v) is 16.3. The molecular formula is C15H24ClN3O3S2. The Bertz CT molecular complexity index is 647. The summed E-state index contributed by atoms with van der Waals surface area (Å²) in [7, 11) is -0.522. The third-order valence-corrected chi connectivity index (χ3v) is 6.68. The van der Waals surface area contributed by atoms with E-state index >= 15 is 0 Å². The minimum Gasteiger partial charge on any atom is -0.352 e. The molecule has 1 fully saturated rings. The number of amides is 1. The molecule has 0 aliphatic carbocycles. The molecule has 1 unspecified atom stereocenters. The minimum atomic E-state index is -3.52. The van der Waals surface area contributed by atoms with E-state index in [9.17, 15) is 13.2 Å². The second kappa shape index (κ2) is 9.62. The molecule has 0 bridgehead atoms. The highest BCUT2D eigenvalue weighted by molar-refractivity contribution is 7.99. The van der Waals surface area contributed by atoms with Crippen LogP contribution in [0, 0.1) is 0 Å². The Hall–Kier alpha value is -0.800. The van der Waals surface area contributed by atoms with Crippen LogP contribution >= 0.6 is 24.2 Å². The maximum absolute atomic E-state index is 12.3. The van der Waals surface area contributed by atoms with Crippen LogP contribution in [-0.4, -0.2) is 56.8 Å². The Morgan fingerprint density at radius 1 is 1.38 bits per heavy atom. The molecule has 6 nitrogen and oxygen atoms in total. The van der Waals surface area contributed by atoms with Crippen molar-refractivity contribution in [3.63, 3.8) is 0 Å². The first-order valence-electron chi connectivity index (χ1n) is 7.49. The van der Waals surface area contributed by atoms with Gasteiger partial charge in [-0.15, -0.1) is 12.4 Å². The van der Waals surface area contributed by atoms with Crippen LogP contribution in [0.5, 0.6) is 0 Å². The van der Waals surface area contributed by atoms with E-state index in [2.05, 4.69) is 10.6 Å². The molecule has 1 aromatic carbocycles. The summed E-state index contributed by atoms with van der Waals surface area (Å²) in [6, 6.07) is 6.94. The van der Waals surface area contributed by atoms with E-state index in [4.69, 9.17) is 0 Å². The number of carbonyl (C=O) groups is 1. The number of benzene rings is 1. The molecule has 136 valence electrons. The third-order valence-electron chi connectivity index (χ3n) is 3.64. The van der Waals surface area contributed by atoms with Gasteiger partial charge in [0.25, 0.3) is 0 Å². The van der Waals surface area contributed by atoms with E-state index in [1.807, 2.05) is 11.8 Å². The lowest BCUT2D eigenvalue weighted by Gasteiger charge is -2.22. The normalized spacial score (nSPS) is 18.0. The van der Waals surface area contributed by atoms with Crippen LogP contribution in [0.3, 0.4) is 0 Å². The number of nitrogens with zero attached hydrogens (tertiary/aromatic N) is 1. The number of sulfonamides is 1. The van der Waals surface area contributed by atoms with Gasteiger partial charge in [-0.25, -0.2) is 12.7 Å². The molecule has 1 heterocycles. The van der Waals surface area contributed by atoms with Gasteiger partial charge in [0.1, 0.15) is 0 Å². The zero-order valence-electron chi connectivity index (χ0n) is 13.8. The Kier molecular flexibility index (Phi) is 8.52. The molecule has 1 aliphatic heterocycles. The van der Waals surface area contributed by atoms with E-state index in [1.54, 1.807) is 24.3 Å². The van der Waals surface area contributed by atoms with Crippen molar-refractivity contribution >= 4 is 40.1 Å². The lowest BCUT2D eigenvalue weighted by Crippen LogP contribution is -2.41. The monoisotopic (exact) mass is 393 g/mol. The summed E-state index contributed by atoms with van der Waals surface area (Å²) in [5.41, 5.74) is 0.598. The number of nitrogens with one attached hydrogen (secondary N) is 2. The molecule has 24 heavy (non-hydrogen) atoms. The first-order chi connectivity index (χ1) is 10.9. The van der Waals surface area contributed by atoms with Crippen molar-refractivity contribution in [3.8, 4) is 0 Å². The van der Waals surface area contributed by atoms with Crippen LogP contribution in [0.1, 0.15) is 12.0 Å². The summed E-state index contributed by atoms with van der Waals surface area (Å²) in [5.74, 6) is 1.94. The van der Waals surface area contributed by atoms with Gasteiger partial charge in [0.15, 0.2) is 0 Å². The molecule has 0 saturated carbocycles. The van der Waals surface area contributed by atoms with Crippen molar-refractivity contribution in [2.45, 2.75) is 23.9 Å². The molecule has 2 N–H and O–H groups in total. The SMILES string of the molecule is CN(C)S(=O)(=O)c1ccccc1CNC(=O)CC1CSCCN1.Cl. The average molecular weight is 394 g/mol. The summed E-state index contributed by atoms with van der Waals surface area (Å²) in [4.78, 5) is 12.3. The van der Waals surface area contributed by atoms with Crippen LogP contribution in [0.4, 0.5) is 0 Å². The Balaban J connectivity index is 0.00000288. The summed E-state index contributed by atoms with van der Waals surface area (Å²) < 4.78 is 25.8. The molecule has 1 aliphatic rings. The van der Waals surface area contributed by atoms with Crippen molar-refractivity contribution in [2.75, 3.05) is 32.1 Å². The Morgan fingerprint density at radius 2 is 2.08 bits per heavy atom. The lowest BCUT2D eigenvalue weighted by atomic mass is 10.2. The fourth-order valence-electron chi connectivity index (χ4n) is 2.34. The molecule has 9 heteroatoms. The van der Waals surface area contributed by atoms with Crippen LogP contribution in [0.15, 0.2) is 29.2 Å². The van der Waals surface area contributed by atoms with Crippen molar-refractivity contribution in [3.05, 3.63) is 29.8 Å². The maximum atomic E-state index is 12.3. The number of hydrogen-bond acceptors (Lipinski definition) is 5. The van der Waals surface area contributed by atoms with Gasteiger partial charge in [0.05, 0.1) is 4.90 Å². The van der Waals surface area contributed by atoms with Crippen LogP contribution in [0.2, 0.25) is 0 Å². The van der Waals surface area contributed by atoms with E-state index < -0.39 is 10.0 Å². The van der Waals surface area contributed by atoms with Crippen molar-refractivity contribution in [2.24, 2.45) is 0 Å². The second-order valence-corrected chi connectivity index (χ2v) is 8.87. The van der Waals surface area contributed by atoms with Gasteiger partial charge in [-0.3, -0.25) is 4.79 Å². The lowest BCUT2D eigenvalue weighted by molar-refractivity contribution is -0.121. The predicted molar refractivity (Wildman–Crippen MR) is 100 cm³/mol. The first-order valence-corrected chi connectivity index (χ1v) is 10.1. The zero-order chi connectivity index (χ0) is 16.9. The van der Waals surface area contributed by atoms with Gasteiger partial charge >= 0.3 is 0 Å². The Labute approximate surface area is 154 Å². The maximum Gasteiger partial charge on any atom is 0.242 e. The fourth-order valence-corrected chi connectivity index (χ4v) is 4.40. The molecule has 0 aromatic heterocycles. The standard InChI is InChI=1S/C15H23N3O3S2.ClH/c1-18(2)23(20,21)14-6-4-3-5-12(14)10-17-15(19)9-13-11-22-8-7-16-13;/h3-6,13,16H,7-11H2,1-2H3,(H,17,19);1H. The second-order valence-electron chi connectivity index (χ2n) is 5.60. The van der Waals surface area contributed by atoms with E-state index in [0.717, 1.165) is 18.1 Å². The van der Waals surface area contributed by atoms with E-state index in [-0.39, 0.29) is 35.8 Å². The quantitative estimate of drug-likeness (QED) is 0.755. The largest absolute Gasteiger partial charge is 0.352 e. The van der Waals surface area contributed by atoms with Gasteiger partial charge in [-0.2, -0.15) is 11.8 Å². The molecule has 1 saturated heterocycles. The summed E-state index contributed by atoms with van der Waals surface area (Å²) in [6.45, 7) is 1.13. The molecule has 2 rings (SSSR count). The molecule has 0 spiro atoms. The first kappa shape index (κ1) is 21.2. The summed E-state index contributed by atoms with van der Waals surface area (Å²) in [6.07, 6.45) is 0.412. The van der Waals surface area contributed by atoms with Gasteiger partial charge in [0.2, 0.25) is 15.9 Å². The number of hydrogen-bond donors (Lipinski definition) is 2. The molecule has 1 atom stereocenters. The highest BCUT2D eigenvalue weighted by Gasteiger charge is 2.21.